The number of carbonyl (C=O) groups is 1. The zero-order chi connectivity index (χ0) is 11.7. The molecule has 1 amide bonds. The van der Waals surface area contributed by atoms with Gasteiger partial charge in [0, 0.05) is 6.54 Å². The second-order valence-corrected chi connectivity index (χ2v) is 3.90. The minimum absolute atomic E-state index is 0.0339. The van der Waals surface area contributed by atoms with E-state index in [0.717, 1.165) is 32.5 Å². The lowest BCUT2D eigenvalue weighted by Crippen LogP contribution is -2.44. The maximum Gasteiger partial charge on any atom is 0.237 e. The molecule has 4 heteroatoms. The molecule has 0 fully saturated rings. The summed E-state index contributed by atoms with van der Waals surface area (Å²) in [5, 5.41) is 6.01. The van der Waals surface area contributed by atoms with Gasteiger partial charge < -0.3 is 10.6 Å². The second kappa shape index (κ2) is 8.68. The molecule has 0 aromatic heterocycles. The van der Waals surface area contributed by atoms with E-state index in [4.69, 9.17) is 0 Å². The van der Waals surface area contributed by atoms with Gasteiger partial charge in [-0.2, -0.15) is 0 Å². The monoisotopic (exact) mass is 215 g/mol. The van der Waals surface area contributed by atoms with Crippen molar-refractivity contribution in [3.8, 4) is 0 Å². The van der Waals surface area contributed by atoms with Gasteiger partial charge in [-0.25, -0.2) is 0 Å². The average molecular weight is 215 g/mol. The van der Waals surface area contributed by atoms with Gasteiger partial charge in [0.2, 0.25) is 5.91 Å². The Morgan fingerprint density at radius 2 is 2.07 bits per heavy atom. The molecule has 90 valence electrons. The van der Waals surface area contributed by atoms with Crippen molar-refractivity contribution in [2.75, 3.05) is 33.7 Å². The first kappa shape index (κ1) is 14.4. The standard InChI is InChI=1S/C11H25N3O/c1-5-7-13-11(15)10(2)14(4)9-6-8-12-3/h10,12H,5-9H2,1-4H3,(H,13,15). The fourth-order valence-electron chi connectivity index (χ4n) is 1.29. The van der Waals surface area contributed by atoms with E-state index in [0.29, 0.717) is 0 Å². The summed E-state index contributed by atoms with van der Waals surface area (Å²) in [6.45, 7) is 6.72. The van der Waals surface area contributed by atoms with Gasteiger partial charge in [0.1, 0.15) is 0 Å². The number of hydrogen-bond donors (Lipinski definition) is 2. The fraction of sp³-hybridized carbons (Fsp3) is 0.909. The van der Waals surface area contributed by atoms with Crippen molar-refractivity contribution < 1.29 is 4.79 Å². The molecule has 0 saturated carbocycles. The van der Waals surface area contributed by atoms with E-state index in [1.807, 2.05) is 21.0 Å². The van der Waals surface area contributed by atoms with Crippen LogP contribution in [0.4, 0.5) is 0 Å². The quantitative estimate of drug-likeness (QED) is 0.578. The summed E-state index contributed by atoms with van der Waals surface area (Å²) in [4.78, 5) is 13.7. The Morgan fingerprint density at radius 1 is 1.40 bits per heavy atom. The summed E-state index contributed by atoms with van der Waals surface area (Å²) in [5.41, 5.74) is 0. The highest BCUT2D eigenvalue weighted by molar-refractivity contribution is 5.81. The molecule has 0 aromatic carbocycles. The molecular weight excluding hydrogens is 190 g/mol. The molecule has 0 aliphatic heterocycles. The predicted molar refractivity (Wildman–Crippen MR) is 63.9 cm³/mol. The summed E-state index contributed by atoms with van der Waals surface area (Å²) in [7, 11) is 3.93. The number of nitrogens with one attached hydrogen (secondary N) is 2. The second-order valence-electron chi connectivity index (χ2n) is 3.90. The number of hydrogen-bond acceptors (Lipinski definition) is 3. The van der Waals surface area contributed by atoms with Gasteiger partial charge in [-0.05, 0) is 47.0 Å². The van der Waals surface area contributed by atoms with Crippen molar-refractivity contribution in [1.29, 1.82) is 0 Å². The van der Waals surface area contributed by atoms with Crippen molar-refractivity contribution in [1.82, 2.24) is 15.5 Å². The molecule has 1 unspecified atom stereocenters. The minimum atomic E-state index is -0.0339. The van der Waals surface area contributed by atoms with E-state index in [1.165, 1.54) is 0 Å². The Morgan fingerprint density at radius 3 is 2.60 bits per heavy atom. The van der Waals surface area contributed by atoms with Crippen molar-refractivity contribution in [3.63, 3.8) is 0 Å². The highest BCUT2D eigenvalue weighted by Gasteiger charge is 2.16. The van der Waals surface area contributed by atoms with E-state index < -0.39 is 0 Å². The molecular formula is C11H25N3O. The van der Waals surface area contributed by atoms with Gasteiger partial charge in [-0.15, -0.1) is 0 Å². The van der Waals surface area contributed by atoms with Crippen LogP contribution in [0.25, 0.3) is 0 Å². The first-order valence-electron chi connectivity index (χ1n) is 5.76. The molecule has 4 nitrogen and oxygen atoms in total. The van der Waals surface area contributed by atoms with Crippen LogP contribution in [0, 0.1) is 0 Å². The summed E-state index contributed by atoms with van der Waals surface area (Å²) < 4.78 is 0. The Labute approximate surface area is 93.4 Å². The number of amides is 1. The highest BCUT2D eigenvalue weighted by atomic mass is 16.2. The molecule has 0 heterocycles. The molecule has 0 aromatic rings. The summed E-state index contributed by atoms with van der Waals surface area (Å²) >= 11 is 0. The van der Waals surface area contributed by atoms with Crippen LogP contribution in [0.15, 0.2) is 0 Å². The number of rotatable bonds is 8. The molecule has 15 heavy (non-hydrogen) atoms. The Balaban J connectivity index is 3.75. The first-order chi connectivity index (χ1) is 7.13. The van der Waals surface area contributed by atoms with Gasteiger partial charge in [-0.3, -0.25) is 9.69 Å². The highest BCUT2D eigenvalue weighted by Crippen LogP contribution is 1.96. The van der Waals surface area contributed by atoms with Crippen LogP contribution in [0.2, 0.25) is 0 Å². The lowest BCUT2D eigenvalue weighted by atomic mass is 10.2. The van der Waals surface area contributed by atoms with E-state index in [9.17, 15) is 4.79 Å². The minimum Gasteiger partial charge on any atom is -0.355 e. The largest absolute Gasteiger partial charge is 0.355 e. The molecule has 0 spiro atoms. The zero-order valence-electron chi connectivity index (χ0n) is 10.5. The third-order valence-corrected chi connectivity index (χ3v) is 2.53. The molecule has 0 rings (SSSR count). The van der Waals surface area contributed by atoms with Crippen molar-refractivity contribution in [2.24, 2.45) is 0 Å². The lowest BCUT2D eigenvalue weighted by Gasteiger charge is -2.23. The number of carbonyl (C=O) groups excluding carboxylic acids is 1. The molecule has 2 N–H and O–H groups in total. The van der Waals surface area contributed by atoms with Crippen LogP contribution >= 0.6 is 0 Å². The van der Waals surface area contributed by atoms with Gasteiger partial charge in [-0.1, -0.05) is 6.92 Å². The van der Waals surface area contributed by atoms with Crippen LogP contribution in [0.5, 0.6) is 0 Å². The van der Waals surface area contributed by atoms with Crippen LogP contribution in [0.1, 0.15) is 26.7 Å². The SMILES string of the molecule is CCCNC(=O)C(C)N(C)CCCNC. The lowest BCUT2D eigenvalue weighted by molar-refractivity contribution is -0.125. The zero-order valence-corrected chi connectivity index (χ0v) is 10.5. The maximum absolute atomic E-state index is 11.6. The van der Waals surface area contributed by atoms with Gasteiger partial charge in [0.15, 0.2) is 0 Å². The first-order valence-corrected chi connectivity index (χ1v) is 5.76. The molecule has 0 bridgehead atoms. The van der Waals surface area contributed by atoms with Crippen molar-refractivity contribution in [3.05, 3.63) is 0 Å². The van der Waals surface area contributed by atoms with Gasteiger partial charge in [0.05, 0.1) is 6.04 Å². The fourth-order valence-corrected chi connectivity index (χ4v) is 1.29. The van der Waals surface area contributed by atoms with Crippen LogP contribution in [-0.4, -0.2) is 50.6 Å². The van der Waals surface area contributed by atoms with Gasteiger partial charge in [0.25, 0.3) is 0 Å². The number of nitrogens with zero attached hydrogens (tertiary/aromatic N) is 1. The third-order valence-electron chi connectivity index (χ3n) is 2.53. The Bertz CT molecular complexity index is 173. The molecule has 1 atom stereocenters. The van der Waals surface area contributed by atoms with E-state index in [2.05, 4.69) is 22.5 Å². The van der Waals surface area contributed by atoms with E-state index in [1.54, 1.807) is 0 Å². The summed E-state index contributed by atoms with van der Waals surface area (Å²) in [6, 6.07) is -0.0339. The van der Waals surface area contributed by atoms with E-state index >= 15 is 0 Å². The van der Waals surface area contributed by atoms with E-state index in [-0.39, 0.29) is 11.9 Å². The smallest absolute Gasteiger partial charge is 0.237 e. The molecule has 0 saturated heterocycles. The Hall–Kier alpha value is -0.610. The van der Waals surface area contributed by atoms with Crippen LogP contribution in [0.3, 0.4) is 0 Å². The normalized spacial score (nSPS) is 12.9. The maximum atomic E-state index is 11.6. The summed E-state index contributed by atoms with van der Waals surface area (Å²) in [6.07, 6.45) is 2.06. The topological polar surface area (TPSA) is 44.4 Å². The summed E-state index contributed by atoms with van der Waals surface area (Å²) in [5.74, 6) is 0.129. The van der Waals surface area contributed by atoms with Crippen molar-refractivity contribution >= 4 is 5.91 Å². The molecule has 0 radical (unpaired) electrons. The third kappa shape index (κ3) is 6.47. The van der Waals surface area contributed by atoms with Crippen LogP contribution in [-0.2, 0) is 4.79 Å². The molecule has 0 aliphatic carbocycles. The Kier molecular flexibility index (Phi) is 8.33. The average Bonchev–Trinajstić information content (AvgIpc) is 2.24. The number of likely N-dealkylation sites (N-methyl/N-ethyl adjacent to an activating group) is 1. The van der Waals surface area contributed by atoms with Gasteiger partial charge >= 0.3 is 0 Å². The molecule has 0 aliphatic rings. The predicted octanol–water partition coefficient (Wildman–Crippen LogP) is 0.442. The van der Waals surface area contributed by atoms with Crippen molar-refractivity contribution in [2.45, 2.75) is 32.7 Å². The van der Waals surface area contributed by atoms with Crippen LogP contribution < -0.4 is 10.6 Å².